The topological polar surface area (TPSA) is 15.8 Å². The van der Waals surface area contributed by atoms with Gasteiger partial charge < -0.3 is 4.98 Å². The molecule has 1 N–H and O–H groups in total. The Morgan fingerprint density at radius 2 is 1.85 bits per heavy atom. The number of aromatic amines is 1. The van der Waals surface area contributed by atoms with Gasteiger partial charge in [0.05, 0.1) is 0 Å². The van der Waals surface area contributed by atoms with Crippen molar-refractivity contribution in [3.63, 3.8) is 0 Å². The van der Waals surface area contributed by atoms with Crippen LogP contribution >= 0.6 is 0 Å². The number of nitrogens with one attached hydrogen (secondary N) is 1. The lowest BCUT2D eigenvalue weighted by Gasteiger charge is -2.09. The highest BCUT2D eigenvalue weighted by Crippen LogP contribution is 2.24. The molecule has 0 spiro atoms. The highest BCUT2D eigenvalue weighted by Gasteiger charge is 2.10. The smallest absolute Gasteiger partial charge is 0.0415 e. The largest absolute Gasteiger partial charge is 0.361 e. The number of fused-ring (bicyclic) bond motifs is 1. The van der Waals surface area contributed by atoms with E-state index in [1.807, 2.05) is 13.8 Å². The molecule has 1 aromatic rings. The average molecular weight is 177 g/mol. The van der Waals surface area contributed by atoms with E-state index in [1.54, 1.807) is 0 Å². The van der Waals surface area contributed by atoms with Crippen LogP contribution in [0.4, 0.5) is 0 Å². The maximum atomic E-state index is 3.28. The predicted octanol–water partition coefficient (Wildman–Crippen LogP) is 3.70. The first kappa shape index (κ1) is 10.1. The second kappa shape index (κ2) is 4.31. The van der Waals surface area contributed by atoms with Crippen LogP contribution in [0.2, 0.25) is 0 Å². The Morgan fingerprint density at radius 3 is 2.54 bits per heavy atom. The van der Waals surface area contributed by atoms with Crippen LogP contribution in [-0.2, 0) is 6.42 Å². The number of allylic oxidation sites excluding steroid dienone is 1. The van der Waals surface area contributed by atoms with Gasteiger partial charge in [-0.05, 0) is 43.9 Å². The number of rotatable bonds is 0. The third kappa shape index (κ3) is 2.03. The summed E-state index contributed by atoms with van der Waals surface area (Å²) >= 11 is 0. The third-order valence-corrected chi connectivity index (χ3v) is 2.41. The van der Waals surface area contributed by atoms with Gasteiger partial charge in [-0.2, -0.15) is 0 Å². The number of aryl methyl sites for hydroxylation is 1. The lowest BCUT2D eigenvalue weighted by molar-refractivity contribution is 0.920. The van der Waals surface area contributed by atoms with Gasteiger partial charge in [0.2, 0.25) is 0 Å². The van der Waals surface area contributed by atoms with Crippen molar-refractivity contribution in [2.24, 2.45) is 0 Å². The molecule has 0 unspecified atom stereocenters. The first-order valence-electron chi connectivity index (χ1n) is 5.11. The summed E-state index contributed by atoms with van der Waals surface area (Å²) in [6, 6.07) is 0. The fraction of sp³-hybridized carbons (Fsp3) is 0.500. The Labute approximate surface area is 80.9 Å². The number of hydrogen-bond donors (Lipinski definition) is 1. The number of hydrogen-bond acceptors (Lipinski definition) is 0. The van der Waals surface area contributed by atoms with Crippen molar-refractivity contribution < 1.29 is 0 Å². The van der Waals surface area contributed by atoms with E-state index >= 15 is 0 Å². The van der Waals surface area contributed by atoms with Crippen molar-refractivity contribution in [1.29, 1.82) is 0 Å². The minimum atomic E-state index is 1.22. The molecule has 1 heterocycles. The Bertz CT molecular complexity index is 305. The monoisotopic (exact) mass is 177 g/mol. The molecule has 0 amide bonds. The van der Waals surface area contributed by atoms with Crippen molar-refractivity contribution in [2.45, 2.75) is 40.5 Å². The molecule has 0 bridgehead atoms. The predicted molar refractivity (Wildman–Crippen MR) is 58.8 cm³/mol. The molecule has 1 aromatic heterocycles. The molecule has 0 fully saturated rings. The minimum absolute atomic E-state index is 1.22. The van der Waals surface area contributed by atoms with E-state index in [1.165, 1.54) is 35.2 Å². The molecular weight excluding hydrogens is 158 g/mol. The van der Waals surface area contributed by atoms with Gasteiger partial charge in [-0.15, -0.1) is 0 Å². The average Bonchev–Trinajstić information content (AvgIpc) is 2.51. The van der Waals surface area contributed by atoms with Gasteiger partial charge >= 0.3 is 0 Å². The van der Waals surface area contributed by atoms with Crippen LogP contribution in [-0.4, -0.2) is 4.98 Å². The molecule has 1 aliphatic carbocycles. The fourth-order valence-corrected chi connectivity index (χ4v) is 1.67. The van der Waals surface area contributed by atoms with Crippen LogP contribution in [0, 0.1) is 6.92 Å². The fourth-order valence-electron chi connectivity index (χ4n) is 1.67. The summed E-state index contributed by atoms with van der Waals surface area (Å²) in [4.78, 5) is 3.28. The molecule has 0 aliphatic heterocycles. The molecule has 0 radical (unpaired) electrons. The lowest BCUT2D eigenvalue weighted by atomic mass is 9.96. The van der Waals surface area contributed by atoms with E-state index in [0.717, 1.165) is 0 Å². The van der Waals surface area contributed by atoms with E-state index in [9.17, 15) is 0 Å². The van der Waals surface area contributed by atoms with Gasteiger partial charge in [-0.25, -0.2) is 0 Å². The summed E-state index contributed by atoms with van der Waals surface area (Å²) in [6.45, 7) is 8.36. The summed E-state index contributed by atoms with van der Waals surface area (Å²) < 4.78 is 0. The highest BCUT2D eigenvalue weighted by molar-refractivity contribution is 5.57. The van der Waals surface area contributed by atoms with Gasteiger partial charge in [-0.3, -0.25) is 0 Å². The SMILES string of the molecule is CC.CC1=Cc2[nH]cc(C)c2CC1. The van der Waals surface area contributed by atoms with Gasteiger partial charge in [-0.1, -0.05) is 19.4 Å². The summed E-state index contributed by atoms with van der Waals surface area (Å²) in [5.74, 6) is 0. The zero-order valence-corrected chi connectivity index (χ0v) is 9.07. The molecule has 2 rings (SSSR count). The summed E-state index contributed by atoms with van der Waals surface area (Å²) in [7, 11) is 0. The van der Waals surface area contributed by atoms with Crippen molar-refractivity contribution in [3.8, 4) is 0 Å². The van der Waals surface area contributed by atoms with Crippen molar-refractivity contribution in [3.05, 3.63) is 28.6 Å². The van der Waals surface area contributed by atoms with E-state index in [2.05, 4.69) is 31.1 Å². The second-order valence-electron chi connectivity index (χ2n) is 3.35. The molecule has 0 atom stereocenters. The molecule has 72 valence electrons. The highest BCUT2D eigenvalue weighted by atomic mass is 14.7. The Balaban J connectivity index is 0.000000396. The van der Waals surface area contributed by atoms with E-state index in [-0.39, 0.29) is 0 Å². The molecule has 0 saturated carbocycles. The Morgan fingerprint density at radius 1 is 1.15 bits per heavy atom. The maximum absolute atomic E-state index is 3.28. The van der Waals surface area contributed by atoms with Gasteiger partial charge in [0.25, 0.3) is 0 Å². The molecule has 13 heavy (non-hydrogen) atoms. The molecule has 1 aliphatic rings. The molecule has 1 heteroatoms. The van der Waals surface area contributed by atoms with Gasteiger partial charge in [0.1, 0.15) is 0 Å². The molecule has 0 saturated heterocycles. The van der Waals surface area contributed by atoms with Crippen LogP contribution in [0.3, 0.4) is 0 Å². The Hall–Kier alpha value is -0.980. The maximum Gasteiger partial charge on any atom is 0.0415 e. The van der Waals surface area contributed by atoms with E-state index in [4.69, 9.17) is 0 Å². The van der Waals surface area contributed by atoms with E-state index in [0.29, 0.717) is 0 Å². The quantitative estimate of drug-likeness (QED) is 0.622. The number of H-pyrrole nitrogens is 1. The second-order valence-corrected chi connectivity index (χ2v) is 3.35. The zero-order valence-electron chi connectivity index (χ0n) is 9.07. The summed E-state index contributed by atoms with van der Waals surface area (Å²) in [5, 5.41) is 0. The molecule has 1 nitrogen and oxygen atoms in total. The first-order valence-corrected chi connectivity index (χ1v) is 5.11. The van der Waals surface area contributed by atoms with Crippen molar-refractivity contribution in [1.82, 2.24) is 4.98 Å². The number of aromatic nitrogens is 1. The lowest BCUT2D eigenvalue weighted by Crippen LogP contribution is -1.95. The van der Waals surface area contributed by atoms with Gasteiger partial charge in [0.15, 0.2) is 0 Å². The van der Waals surface area contributed by atoms with E-state index < -0.39 is 0 Å². The first-order chi connectivity index (χ1) is 6.27. The minimum Gasteiger partial charge on any atom is -0.361 e. The van der Waals surface area contributed by atoms with Crippen molar-refractivity contribution >= 4 is 6.08 Å². The van der Waals surface area contributed by atoms with Crippen LogP contribution in [0.25, 0.3) is 6.08 Å². The standard InChI is InChI=1S/C10H13N.C2H6/c1-7-3-4-9-8(2)6-11-10(9)5-7;1-2/h5-6,11H,3-4H2,1-2H3;1-2H3. The zero-order chi connectivity index (χ0) is 9.84. The van der Waals surface area contributed by atoms with Crippen molar-refractivity contribution in [2.75, 3.05) is 0 Å². The van der Waals surface area contributed by atoms with Crippen LogP contribution in [0.5, 0.6) is 0 Å². The van der Waals surface area contributed by atoms with Crippen LogP contribution in [0.15, 0.2) is 11.8 Å². The normalized spacial score (nSPS) is 14.0. The van der Waals surface area contributed by atoms with Crippen LogP contribution < -0.4 is 0 Å². The van der Waals surface area contributed by atoms with Crippen LogP contribution in [0.1, 0.15) is 44.0 Å². The summed E-state index contributed by atoms with van der Waals surface area (Å²) in [6.07, 6.45) is 6.80. The third-order valence-electron chi connectivity index (χ3n) is 2.41. The molecule has 0 aromatic carbocycles. The van der Waals surface area contributed by atoms with Gasteiger partial charge in [0, 0.05) is 11.9 Å². The molecular formula is C12H19N. The Kier molecular flexibility index (Phi) is 3.35. The summed E-state index contributed by atoms with van der Waals surface area (Å²) in [5.41, 5.74) is 5.73.